The van der Waals surface area contributed by atoms with Crippen molar-refractivity contribution in [3.63, 3.8) is 0 Å². The van der Waals surface area contributed by atoms with Crippen LogP contribution in [0, 0.1) is 0 Å². The van der Waals surface area contributed by atoms with E-state index in [0.29, 0.717) is 12.1 Å². The van der Waals surface area contributed by atoms with Crippen molar-refractivity contribution in [2.45, 2.75) is 18.1 Å². The number of thioether (sulfide) groups is 1. The monoisotopic (exact) mass is 307 g/mol. The molecule has 7 nitrogen and oxygen atoms in total. The third-order valence-corrected chi connectivity index (χ3v) is 3.97. The summed E-state index contributed by atoms with van der Waals surface area (Å²) in [6.07, 6.45) is 0.951. The molecule has 1 aromatic carbocycles. The molecular formula is C13H17N5O2S. The number of rotatable bonds is 8. The summed E-state index contributed by atoms with van der Waals surface area (Å²) in [6.45, 7) is 1.37. The van der Waals surface area contributed by atoms with Crippen LogP contribution in [0.2, 0.25) is 0 Å². The SMILES string of the molecule is Cn1nnnc1SCCCNCc1ccccc1C(=O)O. The fraction of sp³-hybridized carbons (Fsp3) is 0.385. The van der Waals surface area contributed by atoms with Crippen LogP contribution in [0.4, 0.5) is 0 Å². The van der Waals surface area contributed by atoms with Crippen molar-refractivity contribution in [3.05, 3.63) is 35.4 Å². The van der Waals surface area contributed by atoms with Crippen molar-refractivity contribution in [2.75, 3.05) is 12.3 Å². The molecule has 0 aliphatic rings. The second-order valence-corrected chi connectivity index (χ2v) is 5.49. The Morgan fingerprint density at radius 2 is 2.24 bits per heavy atom. The molecule has 1 heterocycles. The molecule has 0 aliphatic carbocycles. The summed E-state index contributed by atoms with van der Waals surface area (Å²) < 4.78 is 1.64. The molecule has 112 valence electrons. The molecule has 0 saturated carbocycles. The van der Waals surface area contributed by atoms with E-state index in [2.05, 4.69) is 20.8 Å². The summed E-state index contributed by atoms with van der Waals surface area (Å²) in [6, 6.07) is 7.03. The average Bonchev–Trinajstić information content (AvgIpc) is 2.88. The van der Waals surface area contributed by atoms with E-state index in [1.165, 1.54) is 0 Å². The number of carboxylic acid groups (broad SMARTS) is 1. The van der Waals surface area contributed by atoms with Gasteiger partial charge in [0, 0.05) is 19.3 Å². The Labute approximate surface area is 126 Å². The topological polar surface area (TPSA) is 92.9 Å². The second-order valence-electron chi connectivity index (χ2n) is 4.43. The van der Waals surface area contributed by atoms with Crippen LogP contribution in [0.5, 0.6) is 0 Å². The van der Waals surface area contributed by atoms with Crippen LogP contribution in [0.1, 0.15) is 22.3 Å². The first kappa shape index (κ1) is 15.5. The van der Waals surface area contributed by atoms with E-state index in [9.17, 15) is 4.79 Å². The molecule has 2 rings (SSSR count). The van der Waals surface area contributed by atoms with E-state index in [1.54, 1.807) is 28.6 Å². The van der Waals surface area contributed by atoms with Crippen LogP contribution in [-0.4, -0.2) is 43.6 Å². The lowest BCUT2D eigenvalue weighted by molar-refractivity contribution is 0.0695. The zero-order chi connectivity index (χ0) is 15.1. The zero-order valence-corrected chi connectivity index (χ0v) is 12.5. The number of aromatic carboxylic acids is 1. The van der Waals surface area contributed by atoms with Crippen molar-refractivity contribution in [3.8, 4) is 0 Å². The highest BCUT2D eigenvalue weighted by Gasteiger charge is 2.08. The van der Waals surface area contributed by atoms with Gasteiger partial charge in [0.15, 0.2) is 0 Å². The predicted octanol–water partition coefficient (Wildman–Crippen LogP) is 1.18. The third kappa shape index (κ3) is 4.54. The lowest BCUT2D eigenvalue weighted by atomic mass is 10.1. The molecule has 2 aromatic rings. The smallest absolute Gasteiger partial charge is 0.336 e. The quantitative estimate of drug-likeness (QED) is 0.559. The molecule has 0 amide bonds. The van der Waals surface area contributed by atoms with Gasteiger partial charge in [-0.15, -0.1) is 5.10 Å². The molecule has 0 spiro atoms. The van der Waals surface area contributed by atoms with Crippen molar-refractivity contribution in [2.24, 2.45) is 7.05 Å². The van der Waals surface area contributed by atoms with E-state index < -0.39 is 5.97 Å². The number of hydrogen-bond acceptors (Lipinski definition) is 6. The van der Waals surface area contributed by atoms with Crippen LogP contribution in [0.25, 0.3) is 0 Å². The van der Waals surface area contributed by atoms with Gasteiger partial charge in [0.05, 0.1) is 5.56 Å². The maximum atomic E-state index is 11.1. The normalized spacial score (nSPS) is 10.7. The number of nitrogens with one attached hydrogen (secondary N) is 1. The number of hydrogen-bond donors (Lipinski definition) is 2. The molecule has 2 N–H and O–H groups in total. The Morgan fingerprint density at radius 1 is 1.43 bits per heavy atom. The predicted molar refractivity (Wildman–Crippen MR) is 79.2 cm³/mol. The van der Waals surface area contributed by atoms with Crippen LogP contribution in [0.15, 0.2) is 29.4 Å². The first-order valence-electron chi connectivity index (χ1n) is 6.55. The lowest BCUT2D eigenvalue weighted by Gasteiger charge is -2.07. The van der Waals surface area contributed by atoms with Gasteiger partial charge in [-0.1, -0.05) is 30.0 Å². The van der Waals surface area contributed by atoms with Crippen LogP contribution < -0.4 is 5.32 Å². The van der Waals surface area contributed by atoms with Gasteiger partial charge in [0.2, 0.25) is 5.16 Å². The number of nitrogens with zero attached hydrogens (tertiary/aromatic N) is 4. The highest BCUT2D eigenvalue weighted by molar-refractivity contribution is 7.99. The van der Waals surface area contributed by atoms with Gasteiger partial charge in [-0.2, -0.15) is 0 Å². The van der Waals surface area contributed by atoms with E-state index >= 15 is 0 Å². The van der Waals surface area contributed by atoms with Crippen molar-refractivity contribution in [1.29, 1.82) is 0 Å². The largest absolute Gasteiger partial charge is 0.478 e. The van der Waals surface area contributed by atoms with Gasteiger partial charge < -0.3 is 10.4 Å². The minimum absolute atomic E-state index is 0.351. The fourth-order valence-corrected chi connectivity index (χ4v) is 2.60. The Bertz CT molecular complexity index is 602. The summed E-state index contributed by atoms with van der Waals surface area (Å²) in [5.41, 5.74) is 1.15. The van der Waals surface area contributed by atoms with E-state index in [4.69, 9.17) is 5.11 Å². The zero-order valence-electron chi connectivity index (χ0n) is 11.7. The summed E-state index contributed by atoms with van der Waals surface area (Å²) >= 11 is 1.60. The Balaban J connectivity index is 1.68. The lowest BCUT2D eigenvalue weighted by Crippen LogP contribution is -2.17. The number of carboxylic acids is 1. The van der Waals surface area contributed by atoms with E-state index in [1.807, 2.05) is 19.2 Å². The molecule has 0 radical (unpaired) electrons. The number of aryl methyl sites for hydroxylation is 1. The summed E-state index contributed by atoms with van der Waals surface area (Å²) in [5, 5.41) is 24.4. The number of benzene rings is 1. The molecule has 0 unspecified atom stereocenters. The average molecular weight is 307 g/mol. The highest BCUT2D eigenvalue weighted by atomic mass is 32.2. The summed E-state index contributed by atoms with van der Waals surface area (Å²) in [5.74, 6) is 0.0136. The van der Waals surface area contributed by atoms with Gasteiger partial charge >= 0.3 is 5.97 Å². The first-order valence-corrected chi connectivity index (χ1v) is 7.54. The molecule has 8 heteroatoms. The van der Waals surface area contributed by atoms with Gasteiger partial charge in [-0.05, 0) is 35.0 Å². The van der Waals surface area contributed by atoms with Gasteiger partial charge in [0.25, 0.3) is 0 Å². The molecule has 0 atom stereocenters. The third-order valence-electron chi connectivity index (χ3n) is 2.87. The maximum Gasteiger partial charge on any atom is 0.336 e. The Hall–Kier alpha value is -1.93. The number of carbonyl (C=O) groups is 1. The molecule has 1 aromatic heterocycles. The van der Waals surface area contributed by atoms with Crippen LogP contribution in [0.3, 0.4) is 0 Å². The van der Waals surface area contributed by atoms with Crippen molar-refractivity contribution < 1.29 is 9.90 Å². The molecule has 21 heavy (non-hydrogen) atoms. The number of tetrazole rings is 1. The standard InChI is InChI=1S/C13H17N5O2S/c1-18-13(15-16-17-18)21-8-4-7-14-9-10-5-2-3-6-11(10)12(19)20/h2-3,5-6,14H,4,7-9H2,1H3,(H,19,20). The van der Waals surface area contributed by atoms with Gasteiger partial charge in [0.1, 0.15) is 0 Å². The highest BCUT2D eigenvalue weighted by Crippen LogP contribution is 2.13. The Morgan fingerprint density at radius 3 is 2.95 bits per heavy atom. The molecule has 0 saturated heterocycles. The van der Waals surface area contributed by atoms with Crippen molar-refractivity contribution >= 4 is 17.7 Å². The maximum absolute atomic E-state index is 11.1. The van der Waals surface area contributed by atoms with E-state index in [0.717, 1.165) is 29.4 Å². The summed E-state index contributed by atoms with van der Waals surface area (Å²) in [4.78, 5) is 11.1. The van der Waals surface area contributed by atoms with Gasteiger partial charge in [-0.3, -0.25) is 0 Å². The van der Waals surface area contributed by atoms with Crippen LogP contribution in [-0.2, 0) is 13.6 Å². The second kappa shape index (κ2) is 7.75. The van der Waals surface area contributed by atoms with Gasteiger partial charge in [-0.25, -0.2) is 9.48 Å². The molecule has 0 fully saturated rings. The first-order chi connectivity index (χ1) is 10.2. The van der Waals surface area contributed by atoms with Crippen LogP contribution >= 0.6 is 11.8 Å². The summed E-state index contributed by atoms with van der Waals surface area (Å²) in [7, 11) is 1.81. The number of aromatic nitrogens is 4. The minimum atomic E-state index is -0.891. The minimum Gasteiger partial charge on any atom is -0.478 e. The molecular weight excluding hydrogens is 290 g/mol. The van der Waals surface area contributed by atoms with Crippen molar-refractivity contribution in [1.82, 2.24) is 25.5 Å². The van der Waals surface area contributed by atoms with E-state index in [-0.39, 0.29) is 0 Å². The Kier molecular flexibility index (Phi) is 5.70. The fourth-order valence-electron chi connectivity index (χ4n) is 1.81. The molecule has 0 bridgehead atoms. The molecule has 0 aliphatic heterocycles.